The van der Waals surface area contributed by atoms with Gasteiger partial charge in [0.05, 0.1) is 25.8 Å². The number of nitrogens with zero attached hydrogens (tertiary/aromatic N) is 1. The molecule has 0 aliphatic rings. The summed E-state index contributed by atoms with van der Waals surface area (Å²) in [6, 6.07) is 3.69. The molecule has 88 valence electrons. The molecule has 0 atom stereocenters. The molecule has 5 nitrogen and oxygen atoms in total. The molecular formula is C11H15NO4. The molecule has 0 radical (unpaired) electrons. The first-order valence-corrected chi connectivity index (χ1v) is 5.03. The van der Waals surface area contributed by atoms with E-state index in [0.717, 1.165) is 5.69 Å². The lowest BCUT2D eigenvalue weighted by Gasteiger charge is -2.06. The Kier molecular flexibility index (Phi) is 5.28. The molecule has 0 unspecified atom stereocenters. The number of aryl methyl sites for hydroxylation is 1. The van der Waals surface area contributed by atoms with Crippen LogP contribution in [0.5, 0.6) is 5.75 Å². The molecule has 1 N–H and O–H groups in total. The molecular weight excluding hydrogens is 210 g/mol. The second kappa shape index (κ2) is 6.79. The van der Waals surface area contributed by atoms with Crippen LogP contribution in [0.3, 0.4) is 0 Å². The zero-order valence-corrected chi connectivity index (χ0v) is 9.18. The zero-order chi connectivity index (χ0) is 11.8. The first-order chi connectivity index (χ1) is 7.68. The van der Waals surface area contributed by atoms with Crippen LogP contribution in [0.4, 0.5) is 0 Å². The molecule has 0 bridgehead atoms. The van der Waals surface area contributed by atoms with Gasteiger partial charge in [0.2, 0.25) is 0 Å². The third-order valence-electron chi connectivity index (χ3n) is 1.84. The van der Waals surface area contributed by atoms with Crippen molar-refractivity contribution >= 4 is 5.97 Å². The van der Waals surface area contributed by atoms with E-state index in [9.17, 15) is 4.79 Å². The molecule has 0 aromatic carbocycles. The smallest absolute Gasteiger partial charge is 0.305 e. The number of carbonyl (C=O) groups is 1. The van der Waals surface area contributed by atoms with Gasteiger partial charge in [0.15, 0.2) is 0 Å². The summed E-state index contributed by atoms with van der Waals surface area (Å²) >= 11 is 0. The Hall–Kier alpha value is -1.62. The number of pyridine rings is 1. The standard InChI is InChI=1S/C11H15NO4/c1-9-2-3-10(8-12-9)16-7-6-15-5-4-11(13)14/h2-3,8H,4-7H2,1H3,(H,13,14). The number of ether oxygens (including phenoxy) is 2. The van der Waals surface area contributed by atoms with Crippen molar-refractivity contribution in [2.24, 2.45) is 0 Å². The third-order valence-corrected chi connectivity index (χ3v) is 1.84. The van der Waals surface area contributed by atoms with Crippen LogP contribution in [-0.4, -0.2) is 35.9 Å². The second-order valence-corrected chi connectivity index (χ2v) is 3.24. The van der Waals surface area contributed by atoms with Crippen molar-refractivity contribution < 1.29 is 19.4 Å². The lowest BCUT2D eigenvalue weighted by atomic mass is 10.4. The van der Waals surface area contributed by atoms with Crippen LogP contribution in [0, 0.1) is 6.92 Å². The Balaban J connectivity index is 2.07. The monoisotopic (exact) mass is 225 g/mol. The first kappa shape index (κ1) is 12.4. The third kappa shape index (κ3) is 5.31. The van der Waals surface area contributed by atoms with Gasteiger partial charge in [0, 0.05) is 5.69 Å². The summed E-state index contributed by atoms with van der Waals surface area (Å²) in [6.45, 7) is 2.88. The van der Waals surface area contributed by atoms with Gasteiger partial charge in [-0.1, -0.05) is 0 Å². The summed E-state index contributed by atoms with van der Waals surface area (Å²) in [5, 5.41) is 8.35. The Morgan fingerprint density at radius 1 is 1.38 bits per heavy atom. The molecule has 0 saturated heterocycles. The van der Waals surface area contributed by atoms with E-state index in [1.54, 1.807) is 6.20 Å². The van der Waals surface area contributed by atoms with Gasteiger partial charge >= 0.3 is 5.97 Å². The molecule has 1 aromatic rings. The number of rotatable bonds is 7. The summed E-state index contributed by atoms with van der Waals surface area (Å²) in [6.07, 6.45) is 1.67. The molecule has 0 aliphatic carbocycles. The van der Waals surface area contributed by atoms with E-state index < -0.39 is 5.97 Å². The highest BCUT2D eigenvalue weighted by Gasteiger charge is 1.97. The van der Waals surface area contributed by atoms with Crippen molar-refractivity contribution in [3.8, 4) is 5.75 Å². The van der Waals surface area contributed by atoms with Gasteiger partial charge < -0.3 is 14.6 Å². The Bertz CT molecular complexity index is 323. The molecule has 1 heterocycles. The molecule has 0 amide bonds. The first-order valence-electron chi connectivity index (χ1n) is 5.03. The normalized spacial score (nSPS) is 10.1. The van der Waals surface area contributed by atoms with Gasteiger partial charge in [-0.25, -0.2) is 0 Å². The number of aliphatic carboxylic acids is 1. The Labute approximate surface area is 94.0 Å². The van der Waals surface area contributed by atoms with E-state index in [0.29, 0.717) is 19.0 Å². The molecule has 16 heavy (non-hydrogen) atoms. The minimum atomic E-state index is -0.858. The highest BCUT2D eigenvalue weighted by atomic mass is 16.5. The van der Waals surface area contributed by atoms with Gasteiger partial charge in [-0.15, -0.1) is 0 Å². The summed E-state index contributed by atoms with van der Waals surface area (Å²) < 4.78 is 10.4. The van der Waals surface area contributed by atoms with Crippen molar-refractivity contribution in [1.82, 2.24) is 4.98 Å². The average molecular weight is 225 g/mol. The van der Waals surface area contributed by atoms with Crippen molar-refractivity contribution in [3.05, 3.63) is 24.0 Å². The largest absolute Gasteiger partial charge is 0.490 e. The number of aromatic nitrogens is 1. The van der Waals surface area contributed by atoms with E-state index >= 15 is 0 Å². The molecule has 0 spiro atoms. The lowest BCUT2D eigenvalue weighted by molar-refractivity contribution is -0.138. The number of carboxylic acids is 1. The van der Waals surface area contributed by atoms with E-state index in [1.165, 1.54) is 0 Å². The SMILES string of the molecule is Cc1ccc(OCCOCCC(=O)O)cn1. The Morgan fingerprint density at radius 2 is 2.19 bits per heavy atom. The topological polar surface area (TPSA) is 68.7 Å². The van der Waals surface area contributed by atoms with Crippen LogP contribution in [0.15, 0.2) is 18.3 Å². The number of hydrogen-bond acceptors (Lipinski definition) is 4. The molecule has 0 saturated carbocycles. The lowest BCUT2D eigenvalue weighted by Crippen LogP contribution is -2.09. The summed E-state index contributed by atoms with van der Waals surface area (Å²) in [4.78, 5) is 14.2. The number of hydrogen-bond donors (Lipinski definition) is 1. The fourth-order valence-corrected chi connectivity index (χ4v) is 1.02. The summed E-state index contributed by atoms with van der Waals surface area (Å²) in [7, 11) is 0. The van der Waals surface area contributed by atoms with Crippen molar-refractivity contribution in [2.75, 3.05) is 19.8 Å². The average Bonchev–Trinajstić information content (AvgIpc) is 2.25. The maximum absolute atomic E-state index is 10.2. The highest BCUT2D eigenvalue weighted by molar-refractivity contribution is 5.66. The van der Waals surface area contributed by atoms with Crippen LogP contribution in [0.25, 0.3) is 0 Å². The van der Waals surface area contributed by atoms with Crippen LogP contribution in [0.1, 0.15) is 12.1 Å². The van der Waals surface area contributed by atoms with E-state index in [1.807, 2.05) is 19.1 Å². The van der Waals surface area contributed by atoms with Crippen molar-refractivity contribution in [1.29, 1.82) is 0 Å². The van der Waals surface area contributed by atoms with Crippen LogP contribution in [-0.2, 0) is 9.53 Å². The summed E-state index contributed by atoms with van der Waals surface area (Å²) in [5.41, 5.74) is 0.935. The van der Waals surface area contributed by atoms with Gasteiger partial charge in [-0.05, 0) is 19.1 Å². The van der Waals surface area contributed by atoms with Gasteiger partial charge in [-0.2, -0.15) is 0 Å². The zero-order valence-electron chi connectivity index (χ0n) is 9.18. The predicted molar refractivity (Wildman–Crippen MR) is 57.5 cm³/mol. The maximum Gasteiger partial charge on any atom is 0.305 e. The van der Waals surface area contributed by atoms with Crippen molar-refractivity contribution in [2.45, 2.75) is 13.3 Å². The van der Waals surface area contributed by atoms with Crippen molar-refractivity contribution in [3.63, 3.8) is 0 Å². The maximum atomic E-state index is 10.2. The van der Waals surface area contributed by atoms with Crippen LogP contribution < -0.4 is 4.74 Å². The van der Waals surface area contributed by atoms with E-state index in [4.69, 9.17) is 14.6 Å². The molecule has 1 aromatic heterocycles. The van der Waals surface area contributed by atoms with Gasteiger partial charge in [0.25, 0.3) is 0 Å². The fraction of sp³-hybridized carbons (Fsp3) is 0.455. The minimum absolute atomic E-state index is 0.0199. The van der Waals surface area contributed by atoms with Gasteiger partial charge in [0.1, 0.15) is 12.4 Å². The second-order valence-electron chi connectivity index (χ2n) is 3.24. The molecule has 0 aliphatic heterocycles. The van der Waals surface area contributed by atoms with E-state index in [-0.39, 0.29) is 13.0 Å². The molecule has 1 rings (SSSR count). The minimum Gasteiger partial charge on any atom is -0.490 e. The molecule has 5 heteroatoms. The Morgan fingerprint density at radius 3 is 2.81 bits per heavy atom. The molecule has 0 fully saturated rings. The number of carboxylic acid groups (broad SMARTS) is 1. The van der Waals surface area contributed by atoms with Gasteiger partial charge in [-0.3, -0.25) is 9.78 Å². The van der Waals surface area contributed by atoms with E-state index in [2.05, 4.69) is 4.98 Å². The van der Waals surface area contributed by atoms with Crippen LogP contribution >= 0.6 is 0 Å². The highest BCUT2D eigenvalue weighted by Crippen LogP contribution is 2.07. The van der Waals surface area contributed by atoms with Crippen LogP contribution in [0.2, 0.25) is 0 Å². The quantitative estimate of drug-likeness (QED) is 0.707. The summed E-state index contributed by atoms with van der Waals surface area (Å²) in [5.74, 6) is -0.170. The predicted octanol–water partition coefficient (Wildman–Crippen LogP) is 1.26. The fourth-order valence-electron chi connectivity index (χ4n) is 1.02.